The number of benzene rings is 1. The summed E-state index contributed by atoms with van der Waals surface area (Å²) >= 11 is 0. The molecule has 3 heteroatoms. The standard InChI is InChI=1S/C20H24O3/c1-11(2)7-6-8-14-13(5)9-10-15-17(14)20(23)19(22)16(12(3)4)18(15)21/h9-10,12,21H,1,6-8H2,2-5H3. The number of Topliss-reactive ketones (excluding diaryl/α,β-unsaturated/α-hetero) is 2. The van der Waals surface area contributed by atoms with Crippen molar-refractivity contribution < 1.29 is 14.7 Å². The third kappa shape index (κ3) is 3.14. The van der Waals surface area contributed by atoms with Crippen LogP contribution in [0.4, 0.5) is 0 Å². The Labute approximate surface area is 137 Å². The molecule has 0 spiro atoms. The molecule has 0 fully saturated rings. The molecule has 0 heterocycles. The van der Waals surface area contributed by atoms with Crippen molar-refractivity contribution in [3.8, 4) is 0 Å². The van der Waals surface area contributed by atoms with Gasteiger partial charge in [-0.05, 0) is 50.2 Å². The molecule has 1 aromatic rings. The van der Waals surface area contributed by atoms with E-state index in [1.807, 2.05) is 33.8 Å². The second-order valence-electron chi connectivity index (χ2n) is 6.67. The van der Waals surface area contributed by atoms with Crippen LogP contribution >= 0.6 is 0 Å². The van der Waals surface area contributed by atoms with Crippen LogP contribution in [0, 0.1) is 12.8 Å². The first-order chi connectivity index (χ1) is 10.8. The largest absolute Gasteiger partial charge is 0.507 e. The maximum Gasteiger partial charge on any atom is 0.234 e. The Morgan fingerprint density at radius 3 is 2.43 bits per heavy atom. The van der Waals surface area contributed by atoms with Crippen LogP contribution in [0.3, 0.4) is 0 Å². The highest BCUT2D eigenvalue weighted by Crippen LogP contribution is 2.35. The molecule has 0 amide bonds. The lowest BCUT2D eigenvalue weighted by Crippen LogP contribution is -2.28. The molecular weight excluding hydrogens is 288 g/mol. The first-order valence-corrected chi connectivity index (χ1v) is 8.05. The lowest BCUT2D eigenvalue weighted by Gasteiger charge is -2.23. The molecule has 3 nitrogen and oxygen atoms in total. The van der Waals surface area contributed by atoms with Crippen LogP contribution in [0.15, 0.2) is 29.9 Å². The molecular formula is C20H24O3. The first-order valence-electron chi connectivity index (χ1n) is 8.05. The second kappa shape index (κ2) is 6.53. The van der Waals surface area contributed by atoms with E-state index in [0.717, 1.165) is 29.5 Å². The Bertz CT molecular complexity index is 721. The van der Waals surface area contributed by atoms with Gasteiger partial charge < -0.3 is 5.11 Å². The summed E-state index contributed by atoms with van der Waals surface area (Å²) in [6.45, 7) is 11.4. The predicted octanol–water partition coefficient (Wildman–Crippen LogP) is 4.58. The van der Waals surface area contributed by atoms with Crippen molar-refractivity contribution >= 4 is 17.3 Å². The van der Waals surface area contributed by atoms with Crippen LogP contribution in [-0.2, 0) is 11.2 Å². The second-order valence-corrected chi connectivity index (χ2v) is 6.67. The molecule has 0 radical (unpaired) electrons. The fourth-order valence-electron chi connectivity index (χ4n) is 3.12. The van der Waals surface area contributed by atoms with Gasteiger partial charge in [0.15, 0.2) is 0 Å². The molecule has 0 aromatic heterocycles. The van der Waals surface area contributed by atoms with Gasteiger partial charge in [-0.25, -0.2) is 0 Å². The molecule has 0 unspecified atom stereocenters. The minimum Gasteiger partial charge on any atom is -0.507 e. The maximum atomic E-state index is 12.6. The third-order valence-corrected chi connectivity index (χ3v) is 4.34. The Morgan fingerprint density at radius 1 is 1.22 bits per heavy atom. The molecule has 0 bridgehead atoms. The van der Waals surface area contributed by atoms with Crippen LogP contribution < -0.4 is 0 Å². The van der Waals surface area contributed by atoms with Gasteiger partial charge in [-0.3, -0.25) is 9.59 Å². The number of ketones is 2. The summed E-state index contributed by atoms with van der Waals surface area (Å²) in [4.78, 5) is 25.0. The van der Waals surface area contributed by atoms with Gasteiger partial charge in [0.2, 0.25) is 11.6 Å². The van der Waals surface area contributed by atoms with Gasteiger partial charge in [-0.2, -0.15) is 0 Å². The molecule has 1 aliphatic carbocycles. The van der Waals surface area contributed by atoms with Crippen LogP contribution in [0.5, 0.6) is 0 Å². The minimum atomic E-state index is -0.572. The fourth-order valence-corrected chi connectivity index (χ4v) is 3.12. The van der Waals surface area contributed by atoms with E-state index < -0.39 is 11.6 Å². The SMILES string of the molecule is C=C(C)CCCc1c(C)ccc2c1C(=O)C(=O)C(C(C)C)=C2O. The van der Waals surface area contributed by atoms with Crippen molar-refractivity contribution in [1.82, 2.24) is 0 Å². The van der Waals surface area contributed by atoms with Gasteiger partial charge in [0.25, 0.3) is 0 Å². The highest BCUT2D eigenvalue weighted by atomic mass is 16.3. The summed E-state index contributed by atoms with van der Waals surface area (Å²) in [6.07, 6.45) is 2.45. The molecule has 0 atom stereocenters. The summed E-state index contributed by atoms with van der Waals surface area (Å²) in [7, 11) is 0. The van der Waals surface area contributed by atoms with E-state index in [0.29, 0.717) is 17.5 Å². The summed E-state index contributed by atoms with van der Waals surface area (Å²) in [5.74, 6) is -1.29. The molecule has 23 heavy (non-hydrogen) atoms. The molecule has 1 N–H and O–H groups in total. The van der Waals surface area contributed by atoms with Crippen molar-refractivity contribution in [3.05, 3.63) is 52.1 Å². The molecule has 122 valence electrons. The van der Waals surface area contributed by atoms with E-state index in [2.05, 4.69) is 6.58 Å². The molecule has 1 aliphatic rings. The molecule has 0 saturated carbocycles. The Hall–Kier alpha value is -2.16. The van der Waals surface area contributed by atoms with Crippen molar-refractivity contribution in [2.45, 2.75) is 47.0 Å². The number of aliphatic hydroxyl groups is 1. The van der Waals surface area contributed by atoms with Gasteiger partial charge in [0.05, 0.1) is 0 Å². The molecule has 1 aromatic carbocycles. The van der Waals surface area contributed by atoms with Crippen LogP contribution in [0.1, 0.15) is 60.7 Å². The summed E-state index contributed by atoms with van der Waals surface area (Å²) in [5.41, 5.74) is 4.05. The quantitative estimate of drug-likeness (QED) is 0.639. The number of rotatable bonds is 5. The minimum absolute atomic E-state index is 0.0410. The number of carbonyl (C=O) groups is 2. The average Bonchev–Trinajstić information content (AvgIpc) is 2.46. The van der Waals surface area contributed by atoms with Gasteiger partial charge in [0.1, 0.15) is 5.76 Å². The monoisotopic (exact) mass is 312 g/mol. The lowest BCUT2D eigenvalue weighted by molar-refractivity contribution is -0.112. The molecule has 2 rings (SSSR count). The number of fused-ring (bicyclic) bond motifs is 1. The smallest absolute Gasteiger partial charge is 0.234 e. The highest BCUT2D eigenvalue weighted by molar-refractivity contribution is 6.52. The summed E-state index contributed by atoms with van der Waals surface area (Å²) in [6, 6.07) is 3.65. The topological polar surface area (TPSA) is 54.4 Å². The van der Waals surface area contributed by atoms with Gasteiger partial charge in [0, 0.05) is 16.7 Å². The normalized spacial score (nSPS) is 14.5. The van der Waals surface area contributed by atoms with Gasteiger partial charge in [-0.1, -0.05) is 31.6 Å². The Balaban J connectivity index is 2.56. The van der Waals surface area contributed by atoms with Gasteiger partial charge >= 0.3 is 0 Å². The number of hydrogen-bond donors (Lipinski definition) is 1. The lowest BCUT2D eigenvalue weighted by atomic mass is 9.79. The molecule has 0 saturated heterocycles. The number of aryl methyl sites for hydroxylation is 1. The highest BCUT2D eigenvalue weighted by Gasteiger charge is 2.36. The van der Waals surface area contributed by atoms with E-state index in [9.17, 15) is 14.7 Å². The zero-order valence-corrected chi connectivity index (χ0v) is 14.3. The van der Waals surface area contributed by atoms with Crippen molar-refractivity contribution in [2.24, 2.45) is 5.92 Å². The van der Waals surface area contributed by atoms with Gasteiger partial charge in [-0.15, -0.1) is 6.58 Å². The third-order valence-electron chi connectivity index (χ3n) is 4.34. The summed E-state index contributed by atoms with van der Waals surface area (Å²) in [5, 5.41) is 10.5. The fraction of sp³-hybridized carbons (Fsp3) is 0.400. The van der Waals surface area contributed by atoms with E-state index in [1.165, 1.54) is 0 Å². The maximum absolute atomic E-state index is 12.6. The number of aliphatic hydroxyl groups excluding tert-OH is 1. The van der Waals surface area contributed by atoms with Crippen LogP contribution in [0.2, 0.25) is 0 Å². The first kappa shape index (κ1) is 17.2. The van der Waals surface area contributed by atoms with Crippen LogP contribution in [-0.4, -0.2) is 16.7 Å². The van der Waals surface area contributed by atoms with Crippen molar-refractivity contribution in [1.29, 1.82) is 0 Å². The van der Waals surface area contributed by atoms with E-state index in [-0.39, 0.29) is 17.3 Å². The van der Waals surface area contributed by atoms with E-state index in [1.54, 1.807) is 6.07 Å². The van der Waals surface area contributed by atoms with Crippen LogP contribution in [0.25, 0.3) is 5.76 Å². The average molecular weight is 312 g/mol. The number of hydrogen-bond acceptors (Lipinski definition) is 3. The predicted molar refractivity (Wildman–Crippen MR) is 92.7 cm³/mol. The summed E-state index contributed by atoms with van der Waals surface area (Å²) < 4.78 is 0. The van der Waals surface area contributed by atoms with E-state index in [4.69, 9.17) is 0 Å². The van der Waals surface area contributed by atoms with E-state index >= 15 is 0 Å². The number of carbonyl (C=O) groups excluding carboxylic acids is 2. The Kier molecular flexibility index (Phi) is 4.88. The number of allylic oxidation sites excluding steroid dienone is 2. The zero-order valence-electron chi connectivity index (χ0n) is 14.3. The molecule has 0 aliphatic heterocycles. The zero-order chi connectivity index (χ0) is 17.3. The Morgan fingerprint density at radius 2 is 1.87 bits per heavy atom. The van der Waals surface area contributed by atoms with Crippen molar-refractivity contribution in [3.63, 3.8) is 0 Å². The van der Waals surface area contributed by atoms with Crippen molar-refractivity contribution in [2.75, 3.05) is 0 Å².